The van der Waals surface area contributed by atoms with E-state index in [0.717, 1.165) is 10.3 Å². The fraction of sp³-hybridized carbons (Fsp3) is 0.333. The first-order chi connectivity index (χ1) is 8.29. The second-order valence-electron chi connectivity index (χ2n) is 3.15. The molecule has 0 aliphatic carbocycles. The molecule has 0 radical (unpaired) electrons. The van der Waals surface area contributed by atoms with Gasteiger partial charge >= 0.3 is 0 Å². The van der Waals surface area contributed by atoms with Crippen molar-refractivity contribution in [3.63, 3.8) is 0 Å². The Morgan fingerprint density at radius 2 is 2.29 bits per heavy atom. The number of anilines is 2. The Bertz CT molecular complexity index is 474. The summed E-state index contributed by atoms with van der Waals surface area (Å²) in [6, 6.07) is 0. The summed E-state index contributed by atoms with van der Waals surface area (Å²) in [6.45, 7) is 0.654. The van der Waals surface area contributed by atoms with Crippen molar-refractivity contribution in [3.05, 3.63) is 22.9 Å². The van der Waals surface area contributed by atoms with Gasteiger partial charge in [-0.3, -0.25) is 0 Å². The molecule has 0 aromatic carbocycles. The summed E-state index contributed by atoms with van der Waals surface area (Å²) in [5.41, 5.74) is 0. The summed E-state index contributed by atoms with van der Waals surface area (Å²) in [4.78, 5) is 12.3. The summed E-state index contributed by atoms with van der Waals surface area (Å²) in [7, 11) is 1.77. The van der Waals surface area contributed by atoms with Crippen LogP contribution in [0.3, 0.4) is 0 Å². The Morgan fingerprint density at radius 1 is 1.41 bits per heavy atom. The molecular weight excluding hydrogens is 288 g/mol. The van der Waals surface area contributed by atoms with Crippen molar-refractivity contribution in [1.29, 1.82) is 0 Å². The molecule has 0 spiro atoms. The third-order valence-corrected chi connectivity index (χ3v) is 2.59. The molecule has 2 N–H and O–H groups in total. The molecule has 17 heavy (non-hydrogen) atoms. The number of hydrogen-bond acceptors (Lipinski definition) is 7. The monoisotopic (exact) mass is 298 g/mol. The van der Waals surface area contributed by atoms with Gasteiger partial charge in [0.05, 0.1) is 4.47 Å². The largest absolute Gasteiger partial charge is 0.368 e. The van der Waals surface area contributed by atoms with Gasteiger partial charge in [-0.1, -0.05) is 5.16 Å². The minimum absolute atomic E-state index is 0.563. The van der Waals surface area contributed by atoms with Gasteiger partial charge in [-0.25, -0.2) is 4.98 Å². The molecule has 2 heterocycles. The molecule has 0 saturated carbocycles. The molecule has 0 aliphatic heterocycles. The smallest absolute Gasteiger partial charge is 0.228 e. The van der Waals surface area contributed by atoms with Gasteiger partial charge in [0.2, 0.25) is 11.8 Å². The summed E-state index contributed by atoms with van der Waals surface area (Å²) < 4.78 is 5.70. The molecule has 0 saturated heterocycles. The van der Waals surface area contributed by atoms with Gasteiger partial charge in [0.25, 0.3) is 0 Å². The van der Waals surface area contributed by atoms with Crippen molar-refractivity contribution in [1.82, 2.24) is 20.1 Å². The van der Waals surface area contributed by atoms with E-state index in [0.29, 0.717) is 24.8 Å². The van der Waals surface area contributed by atoms with Crippen LogP contribution >= 0.6 is 15.9 Å². The molecule has 8 heteroatoms. The maximum absolute atomic E-state index is 4.89. The number of aromatic nitrogens is 4. The first-order valence-electron chi connectivity index (χ1n) is 4.99. The Morgan fingerprint density at radius 3 is 3.00 bits per heavy atom. The van der Waals surface area contributed by atoms with Gasteiger partial charge in [0.15, 0.2) is 6.33 Å². The van der Waals surface area contributed by atoms with Crippen LogP contribution in [-0.4, -0.2) is 33.7 Å². The van der Waals surface area contributed by atoms with E-state index in [9.17, 15) is 0 Å². The fourth-order valence-corrected chi connectivity index (χ4v) is 1.54. The highest BCUT2D eigenvalue weighted by molar-refractivity contribution is 9.10. The first kappa shape index (κ1) is 11.8. The molecular formula is C9H11BrN6O. The van der Waals surface area contributed by atoms with E-state index >= 15 is 0 Å². The van der Waals surface area contributed by atoms with Crippen molar-refractivity contribution in [2.24, 2.45) is 0 Å². The normalized spacial score (nSPS) is 10.2. The third kappa shape index (κ3) is 3.13. The van der Waals surface area contributed by atoms with Crippen LogP contribution < -0.4 is 10.6 Å². The molecule has 0 bridgehead atoms. The van der Waals surface area contributed by atoms with Crippen LogP contribution in [0.25, 0.3) is 0 Å². The van der Waals surface area contributed by atoms with Crippen LogP contribution in [0.1, 0.15) is 5.89 Å². The highest BCUT2D eigenvalue weighted by atomic mass is 79.9. The zero-order chi connectivity index (χ0) is 12.1. The lowest BCUT2D eigenvalue weighted by Crippen LogP contribution is -2.08. The number of rotatable bonds is 5. The quantitative estimate of drug-likeness (QED) is 0.860. The minimum Gasteiger partial charge on any atom is -0.368 e. The van der Waals surface area contributed by atoms with Crippen molar-refractivity contribution in [2.45, 2.75) is 6.42 Å². The average molecular weight is 299 g/mol. The van der Waals surface area contributed by atoms with Crippen LogP contribution in [0, 0.1) is 0 Å². The Kier molecular flexibility index (Phi) is 3.86. The number of nitrogens with one attached hydrogen (secondary N) is 2. The zero-order valence-electron chi connectivity index (χ0n) is 9.14. The van der Waals surface area contributed by atoms with Gasteiger partial charge in [-0.15, -0.1) is 0 Å². The van der Waals surface area contributed by atoms with Crippen LogP contribution in [0.2, 0.25) is 0 Å². The van der Waals surface area contributed by atoms with E-state index in [2.05, 4.69) is 46.7 Å². The summed E-state index contributed by atoms with van der Waals surface area (Å²) in [5, 5.41) is 9.57. The summed E-state index contributed by atoms with van der Waals surface area (Å²) >= 11 is 3.37. The number of nitrogens with zero attached hydrogens (tertiary/aromatic N) is 4. The van der Waals surface area contributed by atoms with Crippen LogP contribution in [-0.2, 0) is 6.42 Å². The number of halogens is 1. The van der Waals surface area contributed by atoms with E-state index in [1.54, 1.807) is 13.2 Å². The lowest BCUT2D eigenvalue weighted by molar-refractivity contribution is 0.379. The zero-order valence-corrected chi connectivity index (χ0v) is 10.7. The van der Waals surface area contributed by atoms with Crippen LogP contribution in [0.4, 0.5) is 11.8 Å². The van der Waals surface area contributed by atoms with E-state index in [1.165, 1.54) is 6.33 Å². The molecule has 0 unspecified atom stereocenters. The summed E-state index contributed by atoms with van der Waals surface area (Å²) in [5.74, 6) is 1.88. The molecule has 90 valence electrons. The molecule has 2 rings (SSSR count). The maximum Gasteiger partial charge on any atom is 0.228 e. The van der Waals surface area contributed by atoms with Crippen molar-refractivity contribution >= 4 is 27.7 Å². The average Bonchev–Trinajstić information content (AvgIpc) is 2.84. The Balaban J connectivity index is 1.94. The second-order valence-corrected chi connectivity index (χ2v) is 4.01. The molecule has 0 atom stereocenters. The van der Waals surface area contributed by atoms with E-state index in [4.69, 9.17) is 4.52 Å². The van der Waals surface area contributed by atoms with Crippen molar-refractivity contribution < 1.29 is 4.52 Å². The van der Waals surface area contributed by atoms with Crippen molar-refractivity contribution in [2.75, 3.05) is 24.2 Å². The summed E-state index contributed by atoms with van der Waals surface area (Å²) in [6.07, 6.45) is 3.72. The topological polar surface area (TPSA) is 88.8 Å². The fourth-order valence-electron chi connectivity index (χ4n) is 1.21. The van der Waals surface area contributed by atoms with Gasteiger partial charge in [0, 0.05) is 26.2 Å². The highest BCUT2D eigenvalue weighted by Gasteiger charge is 2.04. The van der Waals surface area contributed by atoms with E-state index in [1.807, 2.05) is 0 Å². The Hall–Kier alpha value is -1.70. The van der Waals surface area contributed by atoms with E-state index in [-0.39, 0.29) is 0 Å². The van der Waals surface area contributed by atoms with E-state index < -0.39 is 0 Å². The third-order valence-electron chi connectivity index (χ3n) is 2.01. The predicted molar refractivity (Wildman–Crippen MR) is 65.8 cm³/mol. The lowest BCUT2D eigenvalue weighted by Gasteiger charge is -2.07. The van der Waals surface area contributed by atoms with Gasteiger partial charge in [0.1, 0.15) is 5.82 Å². The van der Waals surface area contributed by atoms with Crippen LogP contribution in [0.5, 0.6) is 0 Å². The predicted octanol–water partition coefficient (Wildman–Crippen LogP) is 1.32. The molecule has 7 nitrogen and oxygen atoms in total. The second kappa shape index (κ2) is 5.58. The minimum atomic E-state index is 0.563. The lowest BCUT2D eigenvalue weighted by atomic mass is 10.4. The molecule has 0 aliphatic rings. The molecule has 2 aromatic rings. The Labute approximate surface area is 106 Å². The SMILES string of the molecule is CNc1ncc(Br)c(NCCc2ncno2)n1. The van der Waals surface area contributed by atoms with Crippen molar-refractivity contribution in [3.8, 4) is 0 Å². The molecule has 0 fully saturated rings. The maximum atomic E-state index is 4.89. The first-order valence-corrected chi connectivity index (χ1v) is 5.78. The number of hydrogen-bond donors (Lipinski definition) is 2. The highest BCUT2D eigenvalue weighted by Crippen LogP contribution is 2.19. The van der Waals surface area contributed by atoms with Gasteiger partial charge in [-0.2, -0.15) is 9.97 Å². The molecule has 2 aromatic heterocycles. The molecule has 0 amide bonds. The van der Waals surface area contributed by atoms with Crippen LogP contribution in [0.15, 0.2) is 21.5 Å². The van der Waals surface area contributed by atoms with Gasteiger partial charge < -0.3 is 15.2 Å². The van der Waals surface area contributed by atoms with Gasteiger partial charge in [-0.05, 0) is 15.9 Å². The standard InChI is InChI=1S/C9H11BrN6O/c1-11-9-13-4-6(10)8(16-9)12-3-2-7-14-5-15-17-7/h4-5H,2-3H2,1H3,(H2,11,12,13,16).